The fourth-order valence-corrected chi connectivity index (χ4v) is 1.64. The van der Waals surface area contributed by atoms with Gasteiger partial charge in [-0.25, -0.2) is 4.79 Å². The van der Waals surface area contributed by atoms with E-state index in [0.717, 1.165) is 5.56 Å². The van der Waals surface area contributed by atoms with Gasteiger partial charge in [0.1, 0.15) is 0 Å². The summed E-state index contributed by atoms with van der Waals surface area (Å²) in [6.45, 7) is 0. The van der Waals surface area contributed by atoms with Crippen molar-refractivity contribution in [1.82, 2.24) is 0 Å². The number of carboxylic acids is 1. The van der Waals surface area contributed by atoms with E-state index in [1.165, 1.54) is 12.1 Å². The SMILES string of the molecule is C#CCC(CC(=O)C=O)c1ccc(C(=O)O)cc1. The van der Waals surface area contributed by atoms with Gasteiger partial charge in [0.15, 0.2) is 12.1 Å². The van der Waals surface area contributed by atoms with Gasteiger partial charge >= 0.3 is 5.97 Å². The number of hydrogen-bond donors (Lipinski definition) is 1. The standard InChI is InChI=1S/C14H12O4/c1-2-3-12(8-13(16)9-15)10-4-6-11(7-5-10)14(17)18/h1,4-7,9,12H,3,8H2,(H,17,18). The van der Waals surface area contributed by atoms with Gasteiger partial charge in [0.2, 0.25) is 0 Å². The molecule has 1 atom stereocenters. The number of rotatable bonds is 6. The number of hydrogen-bond acceptors (Lipinski definition) is 3. The van der Waals surface area contributed by atoms with Crippen LogP contribution < -0.4 is 0 Å². The summed E-state index contributed by atoms with van der Waals surface area (Å²) < 4.78 is 0. The first-order valence-corrected chi connectivity index (χ1v) is 5.33. The molecule has 0 radical (unpaired) electrons. The molecule has 18 heavy (non-hydrogen) atoms. The largest absolute Gasteiger partial charge is 0.478 e. The molecule has 1 aromatic rings. The van der Waals surface area contributed by atoms with Crippen LogP contribution >= 0.6 is 0 Å². The van der Waals surface area contributed by atoms with Crippen molar-refractivity contribution in [1.29, 1.82) is 0 Å². The normalized spacial score (nSPS) is 11.3. The number of aldehydes is 1. The molecule has 1 aromatic carbocycles. The number of carbonyl (C=O) groups is 3. The van der Waals surface area contributed by atoms with Crippen LogP contribution in [0.15, 0.2) is 24.3 Å². The number of ketones is 1. The summed E-state index contributed by atoms with van der Waals surface area (Å²) >= 11 is 0. The van der Waals surface area contributed by atoms with Crippen LogP contribution in [0.3, 0.4) is 0 Å². The van der Waals surface area contributed by atoms with E-state index < -0.39 is 11.8 Å². The molecule has 0 amide bonds. The molecular formula is C14H12O4. The average Bonchev–Trinajstić information content (AvgIpc) is 2.38. The van der Waals surface area contributed by atoms with Crippen LogP contribution in [0.2, 0.25) is 0 Å². The molecule has 0 fully saturated rings. The fraction of sp³-hybridized carbons (Fsp3) is 0.214. The molecule has 0 spiro atoms. The van der Waals surface area contributed by atoms with Crippen LogP contribution in [-0.4, -0.2) is 23.1 Å². The zero-order valence-corrected chi connectivity index (χ0v) is 9.63. The van der Waals surface area contributed by atoms with Crippen LogP contribution in [-0.2, 0) is 9.59 Å². The van der Waals surface area contributed by atoms with Crippen molar-refractivity contribution in [2.45, 2.75) is 18.8 Å². The maximum Gasteiger partial charge on any atom is 0.335 e. The van der Waals surface area contributed by atoms with E-state index in [9.17, 15) is 14.4 Å². The van der Waals surface area contributed by atoms with Crippen molar-refractivity contribution in [3.05, 3.63) is 35.4 Å². The highest BCUT2D eigenvalue weighted by Crippen LogP contribution is 2.23. The van der Waals surface area contributed by atoms with E-state index in [4.69, 9.17) is 11.5 Å². The molecule has 92 valence electrons. The third-order valence-electron chi connectivity index (χ3n) is 2.57. The maximum absolute atomic E-state index is 11.1. The molecule has 0 aliphatic carbocycles. The summed E-state index contributed by atoms with van der Waals surface area (Å²) in [4.78, 5) is 32.2. The molecule has 0 bridgehead atoms. The van der Waals surface area contributed by atoms with Crippen LogP contribution in [0.25, 0.3) is 0 Å². The summed E-state index contributed by atoms with van der Waals surface area (Å²) in [5.74, 6) is 0.664. The molecule has 0 aliphatic rings. The van der Waals surface area contributed by atoms with Gasteiger partial charge in [0, 0.05) is 18.8 Å². The van der Waals surface area contributed by atoms with Gasteiger partial charge in [0.25, 0.3) is 0 Å². The van der Waals surface area contributed by atoms with Crippen LogP contribution in [0.4, 0.5) is 0 Å². The number of Topliss-reactive ketones (excluding diaryl/α,β-unsaturated/α-hetero) is 1. The molecule has 1 unspecified atom stereocenters. The van der Waals surface area contributed by atoms with E-state index in [0.29, 0.717) is 6.42 Å². The molecule has 4 heteroatoms. The molecule has 0 saturated carbocycles. The lowest BCUT2D eigenvalue weighted by Crippen LogP contribution is -2.08. The third-order valence-corrected chi connectivity index (χ3v) is 2.57. The number of aromatic carboxylic acids is 1. The molecule has 4 nitrogen and oxygen atoms in total. The lowest BCUT2D eigenvalue weighted by molar-refractivity contribution is -0.130. The van der Waals surface area contributed by atoms with Gasteiger partial charge in [-0.15, -0.1) is 12.3 Å². The Hall–Kier alpha value is -2.41. The molecule has 0 aliphatic heterocycles. The van der Waals surface area contributed by atoms with Crippen molar-refractivity contribution < 1.29 is 19.5 Å². The first kappa shape index (κ1) is 13.7. The zero-order chi connectivity index (χ0) is 13.5. The fourth-order valence-electron chi connectivity index (χ4n) is 1.64. The second-order valence-electron chi connectivity index (χ2n) is 3.82. The molecular weight excluding hydrogens is 232 g/mol. The Labute approximate surface area is 105 Å². The monoisotopic (exact) mass is 244 g/mol. The van der Waals surface area contributed by atoms with Crippen molar-refractivity contribution in [2.24, 2.45) is 0 Å². The highest BCUT2D eigenvalue weighted by Gasteiger charge is 2.15. The van der Waals surface area contributed by atoms with Gasteiger partial charge in [0.05, 0.1) is 5.56 Å². The number of terminal acetylenes is 1. The topological polar surface area (TPSA) is 71.4 Å². The van der Waals surface area contributed by atoms with Gasteiger partial charge in [-0.1, -0.05) is 12.1 Å². The first-order valence-electron chi connectivity index (χ1n) is 5.33. The number of carboxylic acid groups (broad SMARTS) is 1. The number of carbonyl (C=O) groups excluding carboxylic acids is 2. The quantitative estimate of drug-likeness (QED) is 0.469. The van der Waals surface area contributed by atoms with Crippen LogP contribution in [0.1, 0.15) is 34.7 Å². The molecule has 0 aromatic heterocycles. The Kier molecular flexibility index (Phi) is 4.82. The van der Waals surface area contributed by atoms with Crippen molar-refractivity contribution >= 4 is 18.0 Å². The van der Waals surface area contributed by atoms with Crippen LogP contribution in [0.5, 0.6) is 0 Å². The smallest absolute Gasteiger partial charge is 0.335 e. The van der Waals surface area contributed by atoms with E-state index >= 15 is 0 Å². The van der Waals surface area contributed by atoms with Gasteiger partial charge in [-0.05, 0) is 17.7 Å². The highest BCUT2D eigenvalue weighted by molar-refractivity contribution is 6.25. The van der Waals surface area contributed by atoms with Gasteiger partial charge < -0.3 is 5.11 Å². The van der Waals surface area contributed by atoms with Crippen molar-refractivity contribution in [3.8, 4) is 12.3 Å². The summed E-state index contributed by atoms with van der Waals surface area (Å²) in [5.41, 5.74) is 0.924. The average molecular weight is 244 g/mol. The Morgan fingerprint density at radius 2 is 1.94 bits per heavy atom. The van der Waals surface area contributed by atoms with E-state index in [-0.39, 0.29) is 24.2 Å². The zero-order valence-electron chi connectivity index (χ0n) is 9.63. The summed E-state index contributed by atoms with van der Waals surface area (Å²) in [5, 5.41) is 8.77. The minimum Gasteiger partial charge on any atom is -0.478 e. The van der Waals surface area contributed by atoms with Crippen molar-refractivity contribution in [3.63, 3.8) is 0 Å². The molecule has 1 N–H and O–H groups in total. The Morgan fingerprint density at radius 1 is 1.33 bits per heavy atom. The van der Waals surface area contributed by atoms with Crippen LogP contribution in [0, 0.1) is 12.3 Å². The Bertz CT molecular complexity index is 494. The summed E-state index contributed by atoms with van der Waals surface area (Å²) in [7, 11) is 0. The minimum absolute atomic E-state index is 0.0418. The first-order chi connectivity index (χ1) is 8.58. The maximum atomic E-state index is 11.1. The van der Waals surface area contributed by atoms with Gasteiger partial charge in [-0.2, -0.15) is 0 Å². The highest BCUT2D eigenvalue weighted by atomic mass is 16.4. The predicted octanol–water partition coefficient (Wildman–Crippen LogP) is 1.65. The number of benzene rings is 1. The Balaban J connectivity index is 2.92. The minimum atomic E-state index is -1.01. The summed E-state index contributed by atoms with van der Waals surface area (Å²) in [6.07, 6.45) is 5.86. The Morgan fingerprint density at radius 3 is 2.39 bits per heavy atom. The third kappa shape index (κ3) is 3.56. The van der Waals surface area contributed by atoms with E-state index in [1.54, 1.807) is 12.1 Å². The molecule has 0 saturated heterocycles. The second-order valence-corrected chi connectivity index (χ2v) is 3.82. The van der Waals surface area contributed by atoms with Gasteiger partial charge in [-0.3, -0.25) is 9.59 Å². The van der Waals surface area contributed by atoms with E-state index in [2.05, 4.69) is 5.92 Å². The summed E-state index contributed by atoms with van der Waals surface area (Å²) in [6, 6.07) is 6.13. The van der Waals surface area contributed by atoms with E-state index in [1.807, 2.05) is 0 Å². The van der Waals surface area contributed by atoms with Crippen molar-refractivity contribution in [2.75, 3.05) is 0 Å². The second kappa shape index (κ2) is 6.36. The lowest BCUT2D eigenvalue weighted by atomic mass is 9.90. The molecule has 0 heterocycles. The molecule has 1 rings (SSSR count). The lowest BCUT2D eigenvalue weighted by Gasteiger charge is -2.12. The predicted molar refractivity (Wildman–Crippen MR) is 65.3 cm³/mol.